The highest BCUT2D eigenvalue weighted by molar-refractivity contribution is 6.12. The first-order valence-electron chi connectivity index (χ1n) is 10.0. The number of furan rings is 1. The largest absolute Gasteiger partial charge is 0.455 e. The first-order valence-corrected chi connectivity index (χ1v) is 10.0. The Hall–Kier alpha value is -3.39. The maximum absolute atomic E-state index is 6.41. The second kappa shape index (κ2) is 6.59. The van der Waals surface area contributed by atoms with Crippen LogP contribution in [0.2, 0.25) is 0 Å². The molecule has 2 heterocycles. The Kier molecular flexibility index (Phi) is 4.02. The molecule has 0 saturated carbocycles. The minimum Gasteiger partial charge on any atom is -0.455 e. The molecule has 0 bridgehead atoms. The van der Waals surface area contributed by atoms with Gasteiger partial charge in [-0.2, -0.15) is 0 Å². The first kappa shape index (κ1) is 17.7. The highest BCUT2D eigenvalue weighted by atomic mass is 16.3. The number of nitrogens with zero attached hydrogens (tertiary/aromatic N) is 1. The fourth-order valence-electron chi connectivity index (χ4n) is 4.34. The van der Waals surface area contributed by atoms with Gasteiger partial charge in [-0.05, 0) is 67.3 Å². The fraction of sp³-hybridized carbons (Fsp3) is 0.148. The Bertz CT molecular complexity index is 1380. The monoisotopic (exact) mass is 378 g/mol. The van der Waals surface area contributed by atoms with E-state index in [2.05, 4.69) is 99.2 Å². The maximum atomic E-state index is 6.41. The van der Waals surface area contributed by atoms with E-state index in [1.165, 1.54) is 44.3 Å². The third-order valence-corrected chi connectivity index (χ3v) is 5.81. The molecule has 0 fully saturated rings. The third kappa shape index (κ3) is 2.84. The third-order valence-electron chi connectivity index (χ3n) is 5.81. The van der Waals surface area contributed by atoms with E-state index in [0.29, 0.717) is 0 Å². The van der Waals surface area contributed by atoms with Gasteiger partial charge in [0.05, 0.1) is 0 Å². The van der Waals surface area contributed by atoms with E-state index in [9.17, 15) is 0 Å². The summed E-state index contributed by atoms with van der Waals surface area (Å²) in [5.41, 5.74) is 10.5. The summed E-state index contributed by atoms with van der Waals surface area (Å²) in [4.78, 5) is 0. The number of aromatic nitrogens is 1. The van der Waals surface area contributed by atoms with Gasteiger partial charge in [0, 0.05) is 34.0 Å². The van der Waals surface area contributed by atoms with Gasteiger partial charge in [0.2, 0.25) is 5.69 Å². The molecule has 0 aliphatic carbocycles. The number of benzene rings is 3. The number of pyridine rings is 1. The van der Waals surface area contributed by atoms with Gasteiger partial charge >= 0.3 is 0 Å². The van der Waals surface area contributed by atoms with Gasteiger partial charge in [-0.25, -0.2) is 4.57 Å². The lowest BCUT2D eigenvalue weighted by Crippen LogP contribution is -2.30. The van der Waals surface area contributed by atoms with Crippen molar-refractivity contribution in [1.82, 2.24) is 0 Å². The van der Waals surface area contributed by atoms with Crippen LogP contribution in [-0.2, 0) is 7.05 Å². The van der Waals surface area contributed by atoms with Crippen LogP contribution < -0.4 is 4.57 Å². The van der Waals surface area contributed by atoms with Gasteiger partial charge in [0.1, 0.15) is 18.2 Å². The quantitative estimate of drug-likeness (QED) is 0.314. The van der Waals surface area contributed by atoms with Crippen molar-refractivity contribution in [3.05, 3.63) is 89.6 Å². The van der Waals surface area contributed by atoms with Crippen LogP contribution in [0.25, 0.3) is 44.3 Å². The van der Waals surface area contributed by atoms with Crippen LogP contribution in [0.4, 0.5) is 0 Å². The van der Waals surface area contributed by atoms with Gasteiger partial charge in [-0.1, -0.05) is 30.3 Å². The van der Waals surface area contributed by atoms with Crippen molar-refractivity contribution in [2.45, 2.75) is 20.8 Å². The molecule has 0 aliphatic heterocycles. The smallest absolute Gasteiger partial charge is 0.212 e. The normalized spacial score (nSPS) is 11.4. The molecule has 5 aromatic rings. The highest BCUT2D eigenvalue weighted by Gasteiger charge is 2.20. The zero-order valence-corrected chi connectivity index (χ0v) is 17.3. The van der Waals surface area contributed by atoms with Crippen LogP contribution in [0.5, 0.6) is 0 Å². The second-order valence-electron chi connectivity index (χ2n) is 7.97. The minimum absolute atomic E-state index is 0.944. The molecule has 2 nitrogen and oxygen atoms in total. The van der Waals surface area contributed by atoms with Crippen molar-refractivity contribution in [3.63, 3.8) is 0 Å². The van der Waals surface area contributed by atoms with Crippen molar-refractivity contribution in [1.29, 1.82) is 0 Å². The Labute approximate surface area is 171 Å². The van der Waals surface area contributed by atoms with Crippen molar-refractivity contribution in [3.8, 4) is 22.4 Å². The summed E-state index contributed by atoms with van der Waals surface area (Å²) in [6, 6.07) is 23.6. The average molecular weight is 378 g/mol. The van der Waals surface area contributed by atoms with E-state index in [0.717, 1.165) is 16.7 Å². The fourth-order valence-corrected chi connectivity index (χ4v) is 4.34. The molecular formula is C27H24NO+. The lowest BCUT2D eigenvalue weighted by Gasteiger charge is -2.07. The topological polar surface area (TPSA) is 17.0 Å². The van der Waals surface area contributed by atoms with Crippen molar-refractivity contribution < 1.29 is 8.98 Å². The molecule has 0 spiro atoms. The number of aryl methyl sites for hydroxylation is 4. The van der Waals surface area contributed by atoms with Crippen molar-refractivity contribution in [2.24, 2.45) is 7.05 Å². The molecule has 0 aliphatic rings. The summed E-state index contributed by atoms with van der Waals surface area (Å²) in [5.74, 6) is 0. The summed E-state index contributed by atoms with van der Waals surface area (Å²) < 4.78 is 8.60. The summed E-state index contributed by atoms with van der Waals surface area (Å²) >= 11 is 0. The predicted molar refractivity (Wildman–Crippen MR) is 120 cm³/mol. The van der Waals surface area contributed by atoms with E-state index >= 15 is 0 Å². The second-order valence-corrected chi connectivity index (χ2v) is 7.97. The molecule has 0 radical (unpaired) electrons. The lowest BCUT2D eigenvalue weighted by atomic mass is 9.95. The molecule has 3 aromatic carbocycles. The Balaban J connectivity index is 1.85. The molecule has 0 unspecified atom stereocenters. The average Bonchev–Trinajstić information content (AvgIpc) is 3.09. The molecule has 5 rings (SSSR count). The number of hydrogen-bond donors (Lipinski definition) is 0. The molecule has 142 valence electrons. The summed E-state index contributed by atoms with van der Waals surface area (Å²) in [5, 5.41) is 2.40. The zero-order valence-electron chi connectivity index (χ0n) is 17.3. The van der Waals surface area contributed by atoms with Crippen LogP contribution in [0, 0.1) is 20.8 Å². The molecule has 0 atom stereocenters. The predicted octanol–water partition coefficient (Wildman–Crippen LogP) is 6.67. The minimum atomic E-state index is 0.944. The van der Waals surface area contributed by atoms with E-state index in [-0.39, 0.29) is 0 Å². The van der Waals surface area contributed by atoms with E-state index < -0.39 is 0 Å². The van der Waals surface area contributed by atoms with Crippen molar-refractivity contribution in [2.75, 3.05) is 0 Å². The Morgan fingerprint density at radius 2 is 1.55 bits per heavy atom. The lowest BCUT2D eigenvalue weighted by molar-refractivity contribution is -0.660. The molecule has 2 aromatic heterocycles. The summed E-state index contributed by atoms with van der Waals surface area (Å²) in [6.45, 7) is 6.50. The van der Waals surface area contributed by atoms with Crippen LogP contribution in [0.3, 0.4) is 0 Å². The SMILES string of the molecule is Cc1cc[n+](C)c(-c2ccc3oc4c(-c5ccccc5)cc(C)cc4c3c2C)c1. The zero-order chi connectivity index (χ0) is 20.1. The standard InChI is InChI=1S/C27H24NO/c1-17-12-13-28(4)24(16-17)21-10-11-25-26(19(21)3)23-15-18(2)14-22(27(23)29-25)20-8-6-5-7-9-20/h5-16H,1-4H3/q+1. The van der Waals surface area contributed by atoms with Gasteiger partial charge < -0.3 is 4.42 Å². The van der Waals surface area contributed by atoms with Gasteiger partial charge in [0.25, 0.3) is 0 Å². The van der Waals surface area contributed by atoms with E-state index in [4.69, 9.17) is 4.42 Å². The molecule has 0 N–H and O–H groups in total. The van der Waals surface area contributed by atoms with Crippen LogP contribution in [0.15, 0.2) is 77.3 Å². The van der Waals surface area contributed by atoms with E-state index in [1.807, 2.05) is 6.07 Å². The molecule has 0 saturated heterocycles. The number of rotatable bonds is 2. The molecular weight excluding hydrogens is 354 g/mol. The van der Waals surface area contributed by atoms with Crippen LogP contribution in [-0.4, -0.2) is 0 Å². The van der Waals surface area contributed by atoms with Crippen molar-refractivity contribution >= 4 is 21.9 Å². The highest BCUT2D eigenvalue weighted by Crippen LogP contribution is 2.40. The first-order chi connectivity index (χ1) is 14.0. The summed E-state index contributed by atoms with van der Waals surface area (Å²) in [7, 11) is 2.10. The molecule has 0 amide bonds. The van der Waals surface area contributed by atoms with E-state index in [1.54, 1.807) is 0 Å². The van der Waals surface area contributed by atoms with Gasteiger partial charge in [-0.15, -0.1) is 0 Å². The van der Waals surface area contributed by atoms with Gasteiger partial charge in [0.15, 0.2) is 6.20 Å². The van der Waals surface area contributed by atoms with Gasteiger partial charge in [-0.3, -0.25) is 0 Å². The molecule has 29 heavy (non-hydrogen) atoms. The van der Waals surface area contributed by atoms with Crippen LogP contribution in [0.1, 0.15) is 16.7 Å². The number of hydrogen-bond acceptors (Lipinski definition) is 1. The summed E-state index contributed by atoms with van der Waals surface area (Å²) in [6.07, 6.45) is 2.12. The number of fused-ring (bicyclic) bond motifs is 3. The Morgan fingerprint density at radius 3 is 2.34 bits per heavy atom. The van der Waals surface area contributed by atoms with Crippen LogP contribution >= 0.6 is 0 Å². The molecule has 2 heteroatoms. The maximum Gasteiger partial charge on any atom is 0.212 e. The Morgan fingerprint density at radius 1 is 0.759 bits per heavy atom.